The molecule has 1 atom stereocenters. The van der Waals surface area contributed by atoms with E-state index in [0.717, 1.165) is 60.3 Å². The third-order valence-corrected chi connectivity index (χ3v) is 7.25. The van der Waals surface area contributed by atoms with Crippen LogP contribution in [0.4, 0.5) is 0 Å². The van der Waals surface area contributed by atoms with Crippen LogP contribution in [0.15, 0.2) is 72.8 Å². The molecule has 0 bridgehead atoms. The zero-order valence-corrected chi connectivity index (χ0v) is 24.6. The van der Waals surface area contributed by atoms with E-state index in [1.165, 1.54) is 0 Å². The Morgan fingerprint density at radius 1 is 0.927 bits per heavy atom. The first kappa shape index (κ1) is 29.9. The highest BCUT2D eigenvalue weighted by atomic mass is 16.5. The van der Waals surface area contributed by atoms with Gasteiger partial charge in [-0.25, -0.2) is 9.67 Å². The van der Waals surface area contributed by atoms with Gasteiger partial charge in [0, 0.05) is 23.5 Å². The van der Waals surface area contributed by atoms with E-state index in [1.807, 2.05) is 54.1 Å². The number of esters is 1. The lowest BCUT2D eigenvalue weighted by molar-refractivity contribution is -0.143. The SMILES string of the molecule is CCOC(=O)CCCC(C)n1nnnc1C(C)(C)CCCCOc1cc(-c2ccccc2)cc(-c2ccccc2)n1. The van der Waals surface area contributed by atoms with Crippen LogP contribution in [-0.4, -0.2) is 44.4 Å². The molecular weight excluding hydrogens is 514 g/mol. The largest absolute Gasteiger partial charge is 0.478 e. The number of hydrogen-bond donors (Lipinski definition) is 0. The number of carbonyl (C=O) groups is 1. The highest BCUT2D eigenvalue weighted by Gasteiger charge is 2.29. The van der Waals surface area contributed by atoms with Gasteiger partial charge in [-0.3, -0.25) is 4.79 Å². The summed E-state index contributed by atoms with van der Waals surface area (Å²) < 4.78 is 13.1. The first-order valence-corrected chi connectivity index (χ1v) is 14.6. The Balaban J connectivity index is 1.33. The number of aromatic nitrogens is 5. The Bertz CT molecular complexity index is 1310. The monoisotopic (exact) mass is 555 g/mol. The van der Waals surface area contributed by atoms with Crippen LogP contribution in [0, 0.1) is 0 Å². The van der Waals surface area contributed by atoms with Gasteiger partial charge in [-0.05, 0) is 73.6 Å². The van der Waals surface area contributed by atoms with Crippen molar-refractivity contribution in [1.82, 2.24) is 25.2 Å². The maximum absolute atomic E-state index is 11.7. The Labute approximate surface area is 243 Å². The fraction of sp³-hybridized carbons (Fsp3) is 0.424. The van der Waals surface area contributed by atoms with E-state index in [1.54, 1.807) is 0 Å². The predicted octanol–water partition coefficient (Wildman–Crippen LogP) is 7.22. The molecule has 2 heterocycles. The van der Waals surface area contributed by atoms with Gasteiger partial charge in [-0.1, -0.05) is 74.5 Å². The van der Waals surface area contributed by atoms with Crippen molar-refractivity contribution in [2.24, 2.45) is 0 Å². The normalized spacial score (nSPS) is 12.2. The summed E-state index contributed by atoms with van der Waals surface area (Å²) in [4.78, 5) is 16.5. The first-order valence-electron chi connectivity index (χ1n) is 14.6. The Morgan fingerprint density at radius 2 is 1.63 bits per heavy atom. The number of hydrogen-bond acceptors (Lipinski definition) is 7. The van der Waals surface area contributed by atoms with Crippen LogP contribution in [0.3, 0.4) is 0 Å². The highest BCUT2D eigenvalue weighted by molar-refractivity contribution is 5.71. The number of benzene rings is 2. The van der Waals surface area contributed by atoms with Crippen molar-refractivity contribution >= 4 is 5.97 Å². The van der Waals surface area contributed by atoms with Crippen LogP contribution in [0.5, 0.6) is 5.88 Å². The Hall–Kier alpha value is -4.07. The molecule has 2 aromatic carbocycles. The smallest absolute Gasteiger partial charge is 0.305 e. The summed E-state index contributed by atoms with van der Waals surface area (Å²) in [6, 6.07) is 24.7. The van der Waals surface area contributed by atoms with Gasteiger partial charge >= 0.3 is 5.97 Å². The minimum atomic E-state index is -0.204. The maximum Gasteiger partial charge on any atom is 0.305 e. The van der Waals surface area contributed by atoms with Gasteiger partial charge in [-0.15, -0.1) is 5.10 Å². The molecule has 0 aliphatic carbocycles. The molecule has 0 amide bonds. The number of pyridine rings is 1. The van der Waals surface area contributed by atoms with E-state index in [9.17, 15) is 4.79 Å². The Kier molecular flexibility index (Phi) is 10.6. The third-order valence-electron chi connectivity index (χ3n) is 7.25. The molecule has 0 fully saturated rings. The summed E-state index contributed by atoms with van der Waals surface area (Å²) in [6.45, 7) is 9.26. The van der Waals surface area contributed by atoms with E-state index >= 15 is 0 Å². The summed E-state index contributed by atoms with van der Waals surface area (Å²) in [5.74, 6) is 1.34. The van der Waals surface area contributed by atoms with Gasteiger partial charge in [0.2, 0.25) is 5.88 Å². The van der Waals surface area contributed by atoms with Crippen LogP contribution >= 0.6 is 0 Å². The Morgan fingerprint density at radius 3 is 2.34 bits per heavy atom. The fourth-order valence-electron chi connectivity index (χ4n) is 4.92. The number of unbranched alkanes of at least 4 members (excludes halogenated alkanes) is 1. The molecule has 0 N–H and O–H groups in total. The number of nitrogens with zero attached hydrogens (tertiary/aromatic N) is 5. The second-order valence-electron chi connectivity index (χ2n) is 11.0. The number of carbonyl (C=O) groups excluding carboxylic acids is 1. The third kappa shape index (κ3) is 8.46. The molecule has 0 aliphatic heterocycles. The van der Waals surface area contributed by atoms with Crippen LogP contribution in [0.25, 0.3) is 22.4 Å². The minimum Gasteiger partial charge on any atom is -0.478 e. The molecule has 1 unspecified atom stereocenters. The lowest BCUT2D eigenvalue weighted by atomic mass is 9.86. The summed E-state index contributed by atoms with van der Waals surface area (Å²) >= 11 is 0. The minimum absolute atomic E-state index is 0.0961. The summed E-state index contributed by atoms with van der Waals surface area (Å²) in [5, 5.41) is 12.6. The van der Waals surface area contributed by atoms with E-state index in [4.69, 9.17) is 14.5 Å². The fourth-order valence-corrected chi connectivity index (χ4v) is 4.92. The maximum atomic E-state index is 11.7. The van der Waals surface area contributed by atoms with Crippen molar-refractivity contribution in [3.63, 3.8) is 0 Å². The lowest BCUT2D eigenvalue weighted by Gasteiger charge is -2.25. The van der Waals surface area contributed by atoms with Crippen LogP contribution < -0.4 is 4.74 Å². The number of ether oxygens (including phenoxy) is 2. The van der Waals surface area contributed by atoms with E-state index < -0.39 is 0 Å². The summed E-state index contributed by atoms with van der Waals surface area (Å²) in [7, 11) is 0. The highest BCUT2D eigenvalue weighted by Crippen LogP contribution is 2.31. The average Bonchev–Trinajstić information content (AvgIpc) is 3.49. The van der Waals surface area contributed by atoms with Gasteiger partial charge in [0.15, 0.2) is 5.82 Å². The van der Waals surface area contributed by atoms with Crippen molar-refractivity contribution in [1.29, 1.82) is 0 Å². The van der Waals surface area contributed by atoms with Gasteiger partial charge in [0.05, 0.1) is 24.9 Å². The molecular formula is C33H41N5O3. The first-order chi connectivity index (χ1) is 19.9. The molecule has 8 nitrogen and oxygen atoms in total. The van der Waals surface area contributed by atoms with Gasteiger partial charge < -0.3 is 9.47 Å². The second kappa shape index (κ2) is 14.5. The molecule has 0 radical (unpaired) electrons. The van der Waals surface area contributed by atoms with Gasteiger partial charge in [-0.2, -0.15) is 0 Å². The van der Waals surface area contributed by atoms with Crippen molar-refractivity contribution in [3.05, 3.63) is 78.6 Å². The molecule has 216 valence electrons. The number of tetrazole rings is 1. The van der Waals surface area contributed by atoms with Crippen molar-refractivity contribution in [3.8, 4) is 28.3 Å². The van der Waals surface area contributed by atoms with Crippen molar-refractivity contribution < 1.29 is 14.3 Å². The zero-order chi connectivity index (χ0) is 29.1. The van der Waals surface area contributed by atoms with Crippen molar-refractivity contribution in [2.75, 3.05) is 13.2 Å². The molecule has 8 heteroatoms. The topological polar surface area (TPSA) is 92.0 Å². The lowest BCUT2D eigenvalue weighted by Crippen LogP contribution is -2.25. The molecule has 0 spiro atoms. The molecule has 4 rings (SSSR count). The van der Waals surface area contributed by atoms with Crippen LogP contribution in [0.2, 0.25) is 0 Å². The van der Waals surface area contributed by atoms with E-state index in [2.05, 4.69) is 66.6 Å². The predicted molar refractivity (Wildman–Crippen MR) is 160 cm³/mol. The molecule has 41 heavy (non-hydrogen) atoms. The quantitative estimate of drug-likeness (QED) is 0.113. The molecule has 0 saturated heterocycles. The molecule has 4 aromatic rings. The second-order valence-corrected chi connectivity index (χ2v) is 11.0. The zero-order valence-electron chi connectivity index (χ0n) is 24.6. The van der Waals surface area contributed by atoms with Gasteiger partial charge in [0.1, 0.15) is 0 Å². The van der Waals surface area contributed by atoms with E-state index in [0.29, 0.717) is 25.5 Å². The standard InChI is InChI=1S/C33H41N5O3/c1-5-40-31(39)20-14-15-25(2)38-32(35-36-37-38)33(3,4)21-12-13-22-41-30-24-28(26-16-8-6-9-17-26)23-29(34-30)27-18-10-7-11-19-27/h6-11,16-19,23-25H,5,12-15,20-22H2,1-4H3. The summed E-state index contributed by atoms with van der Waals surface area (Å²) in [5.41, 5.74) is 3.96. The average molecular weight is 556 g/mol. The van der Waals surface area contributed by atoms with Gasteiger partial charge in [0.25, 0.3) is 0 Å². The number of rotatable bonds is 15. The van der Waals surface area contributed by atoms with Crippen LogP contribution in [0.1, 0.15) is 78.1 Å². The molecule has 0 saturated carbocycles. The molecule has 0 aliphatic rings. The summed E-state index contributed by atoms with van der Waals surface area (Å²) in [6.07, 6.45) is 4.72. The van der Waals surface area contributed by atoms with E-state index in [-0.39, 0.29) is 17.4 Å². The van der Waals surface area contributed by atoms with Crippen molar-refractivity contribution in [2.45, 2.75) is 77.7 Å². The molecule has 2 aromatic heterocycles. The van der Waals surface area contributed by atoms with Crippen LogP contribution in [-0.2, 0) is 14.9 Å².